The number of imidazole rings is 1. The van der Waals surface area contributed by atoms with Crippen LogP contribution in [0.2, 0.25) is 0 Å². The summed E-state index contributed by atoms with van der Waals surface area (Å²) in [5, 5.41) is 4.32. The topological polar surface area (TPSA) is 149 Å². The van der Waals surface area contributed by atoms with Crippen molar-refractivity contribution >= 4 is 43.6 Å². The molecule has 178 valence electrons. The highest BCUT2D eigenvalue weighted by molar-refractivity contribution is 7.91. The normalized spacial score (nSPS) is 17.7. The Labute approximate surface area is 193 Å². The average molecular weight is 474 g/mol. The van der Waals surface area contributed by atoms with Crippen molar-refractivity contribution in [1.29, 1.82) is 0 Å². The summed E-state index contributed by atoms with van der Waals surface area (Å²) in [5.74, 6) is 1.39. The van der Waals surface area contributed by atoms with Crippen LogP contribution in [-0.4, -0.2) is 64.5 Å². The number of rotatable bonds is 9. The third-order valence-corrected chi connectivity index (χ3v) is 7.94. The number of nitrogens with one attached hydrogen (secondary N) is 1. The maximum Gasteiger partial charge on any atom is 0.315 e. The predicted octanol–water partition coefficient (Wildman–Crippen LogP) is 1.62. The summed E-state index contributed by atoms with van der Waals surface area (Å²) in [7, 11) is -3.09. The predicted molar refractivity (Wildman–Crippen MR) is 129 cm³/mol. The highest BCUT2D eigenvalue weighted by Gasteiger charge is 2.33. The van der Waals surface area contributed by atoms with Gasteiger partial charge in [0.2, 0.25) is 0 Å². The summed E-state index contributed by atoms with van der Waals surface area (Å²) < 4.78 is 25.8. The molecule has 10 nitrogen and oxygen atoms in total. The van der Waals surface area contributed by atoms with Gasteiger partial charge in [0.25, 0.3) is 0 Å². The molecule has 5 N–H and O–H groups in total. The van der Waals surface area contributed by atoms with Gasteiger partial charge in [-0.15, -0.1) is 0 Å². The van der Waals surface area contributed by atoms with E-state index in [1.807, 2.05) is 31.2 Å². The number of aryl methyl sites for hydroxylation is 1. The molecule has 1 aliphatic rings. The first kappa shape index (κ1) is 23.2. The maximum atomic E-state index is 12.0. The van der Waals surface area contributed by atoms with E-state index < -0.39 is 15.9 Å². The number of fused-ring (bicyclic) bond motifs is 3. The molecule has 1 fully saturated rings. The van der Waals surface area contributed by atoms with Gasteiger partial charge in [0.05, 0.1) is 29.1 Å². The lowest BCUT2D eigenvalue weighted by atomic mass is 10.1. The average Bonchev–Trinajstić information content (AvgIpc) is 3.32. The van der Waals surface area contributed by atoms with Crippen molar-refractivity contribution in [2.24, 2.45) is 5.73 Å². The molecule has 2 amide bonds. The molecule has 1 aromatic carbocycles. The molecular weight excluding hydrogens is 442 g/mol. The minimum Gasteiger partial charge on any atom is -0.382 e. The number of sulfone groups is 1. The minimum atomic E-state index is -3.09. The zero-order chi connectivity index (χ0) is 23.6. The fourth-order valence-electron chi connectivity index (χ4n) is 4.56. The van der Waals surface area contributed by atoms with Gasteiger partial charge < -0.3 is 26.3 Å². The lowest BCUT2D eigenvalue weighted by molar-refractivity contribution is 0.188. The van der Waals surface area contributed by atoms with Crippen molar-refractivity contribution in [1.82, 2.24) is 24.8 Å². The molecule has 2 aromatic heterocycles. The standard InChI is InChI=1S/C22H31N7O3S/c1-2-25-13-18-27-19-20(16-7-3-4-8-17(16)26-21(19)23)29(18)11-6-5-10-28(22(24)30)15-9-12-33(31,32)14-15/h3-4,7-8,15,25H,2,5-6,9-14H2,1H3,(H2,23,26)(H2,24,30). The fourth-order valence-corrected chi connectivity index (χ4v) is 6.29. The molecule has 0 bridgehead atoms. The highest BCUT2D eigenvalue weighted by atomic mass is 32.2. The van der Waals surface area contributed by atoms with Crippen LogP contribution in [0.25, 0.3) is 21.9 Å². The molecule has 4 rings (SSSR count). The number of unbranched alkanes of at least 4 members (excludes halogenated alkanes) is 1. The van der Waals surface area contributed by atoms with Crippen molar-refractivity contribution < 1.29 is 13.2 Å². The van der Waals surface area contributed by atoms with Gasteiger partial charge in [-0.05, 0) is 31.9 Å². The first-order valence-electron chi connectivity index (χ1n) is 11.3. The Kier molecular flexibility index (Phi) is 6.71. The molecule has 33 heavy (non-hydrogen) atoms. The van der Waals surface area contributed by atoms with E-state index in [-0.39, 0.29) is 17.5 Å². The quantitative estimate of drug-likeness (QED) is 0.400. The van der Waals surface area contributed by atoms with Crippen LogP contribution in [-0.2, 0) is 22.9 Å². The SMILES string of the molecule is CCNCc1nc2c(N)nc3ccccc3c2n1CCCCN(C(N)=O)C1CCS(=O)(=O)C1. The van der Waals surface area contributed by atoms with Gasteiger partial charge >= 0.3 is 6.03 Å². The Hall–Kier alpha value is -2.92. The molecule has 0 radical (unpaired) electrons. The molecule has 1 saturated heterocycles. The van der Waals surface area contributed by atoms with E-state index in [4.69, 9.17) is 16.5 Å². The number of hydrogen-bond donors (Lipinski definition) is 3. The molecule has 1 aliphatic heterocycles. The lowest BCUT2D eigenvalue weighted by Crippen LogP contribution is -2.44. The number of hydrogen-bond acceptors (Lipinski definition) is 7. The van der Waals surface area contributed by atoms with E-state index in [1.54, 1.807) is 0 Å². The number of aromatic nitrogens is 3. The first-order valence-corrected chi connectivity index (χ1v) is 13.1. The monoisotopic (exact) mass is 473 g/mol. The molecule has 1 atom stereocenters. The number of benzene rings is 1. The number of carbonyl (C=O) groups excluding carboxylic acids is 1. The second-order valence-electron chi connectivity index (χ2n) is 8.47. The molecular formula is C22H31N7O3S. The van der Waals surface area contributed by atoms with Gasteiger partial charge in [0.15, 0.2) is 15.7 Å². The summed E-state index contributed by atoms with van der Waals surface area (Å²) in [5.41, 5.74) is 14.3. The Balaban J connectivity index is 1.55. The first-order chi connectivity index (χ1) is 15.8. The van der Waals surface area contributed by atoms with Crippen molar-refractivity contribution in [3.05, 3.63) is 30.1 Å². The van der Waals surface area contributed by atoms with Crippen LogP contribution in [0.3, 0.4) is 0 Å². The van der Waals surface area contributed by atoms with Gasteiger partial charge in [0, 0.05) is 24.5 Å². The van der Waals surface area contributed by atoms with Crippen LogP contribution in [0.5, 0.6) is 0 Å². The fraction of sp³-hybridized carbons (Fsp3) is 0.500. The smallest absolute Gasteiger partial charge is 0.315 e. The summed E-state index contributed by atoms with van der Waals surface area (Å²) in [6.07, 6.45) is 1.91. The number of primary amides is 1. The maximum absolute atomic E-state index is 12.0. The number of amides is 2. The van der Waals surface area contributed by atoms with E-state index in [9.17, 15) is 13.2 Å². The van der Waals surface area contributed by atoms with E-state index in [0.717, 1.165) is 35.2 Å². The zero-order valence-electron chi connectivity index (χ0n) is 18.8. The van der Waals surface area contributed by atoms with Crippen molar-refractivity contribution in [3.63, 3.8) is 0 Å². The third kappa shape index (κ3) is 4.88. The van der Waals surface area contributed by atoms with Crippen LogP contribution in [0.1, 0.15) is 32.0 Å². The molecule has 1 unspecified atom stereocenters. The van der Waals surface area contributed by atoms with E-state index in [1.165, 1.54) is 4.90 Å². The summed E-state index contributed by atoms with van der Waals surface area (Å²) in [4.78, 5) is 22.8. The second-order valence-corrected chi connectivity index (χ2v) is 10.7. The van der Waals surface area contributed by atoms with Gasteiger partial charge in [0.1, 0.15) is 11.3 Å². The van der Waals surface area contributed by atoms with Crippen molar-refractivity contribution in [3.8, 4) is 0 Å². The summed E-state index contributed by atoms with van der Waals surface area (Å²) >= 11 is 0. The number of anilines is 1. The third-order valence-electron chi connectivity index (χ3n) is 6.19. The number of nitrogen functional groups attached to an aromatic ring is 1. The van der Waals surface area contributed by atoms with Crippen LogP contribution >= 0.6 is 0 Å². The molecule has 0 aliphatic carbocycles. The van der Waals surface area contributed by atoms with Gasteiger partial charge in [-0.25, -0.2) is 23.2 Å². The zero-order valence-corrected chi connectivity index (χ0v) is 19.6. The second kappa shape index (κ2) is 9.52. The van der Waals surface area contributed by atoms with Gasteiger partial charge in [-0.3, -0.25) is 0 Å². The van der Waals surface area contributed by atoms with Crippen LogP contribution in [0.4, 0.5) is 10.6 Å². The Morgan fingerprint density at radius 2 is 2.06 bits per heavy atom. The van der Waals surface area contributed by atoms with Gasteiger partial charge in [-0.2, -0.15) is 0 Å². The minimum absolute atomic E-state index is 0.00675. The molecule has 3 heterocycles. The van der Waals surface area contributed by atoms with E-state index in [0.29, 0.717) is 43.8 Å². The summed E-state index contributed by atoms with van der Waals surface area (Å²) in [6, 6.07) is 6.97. The molecule has 11 heteroatoms. The Morgan fingerprint density at radius 1 is 1.27 bits per heavy atom. The highest BCUT2D eigenvalue weighted by Crippen LogP contribution is 2.29. The van der Waals surface area contributed by atoms with E-state index in [2.05, 4.69) is 14.9 Å². The number of para-hydroxylation sites is 1. The number of carbonyl (C=O) groups is 1. The van der Waals surface area contributed by atoms with Crippen molar-refractivity contribution in [2.45, 2.75) is 45.3 Å². The van der Waals surface area contributed by atoms with Crippen LogP contribution in [0, 0.1) is 0 Å². The lowest BCUT2D eigenvalue weighted by Gasteiger charge is -2.26. The largest absolute Gasteiger partial charge is 0.382 e. The Bertz CT molecular complexity index is 1270. The van der Waals surface area contributed by atoms with Gasteiger partial charge in [-0.1, -0.05) is 25.1 Å². The molecule has 0 spiro atoms. The van der Waals surface area contributed by atoms with Crippen molar-refractivity contribution in [2.75, 3.05) is 30.3 Å². The number of nitrogens with two attached hydrogens (primary N) is 2. The Morgan fingerprint density at radius 3 is 2.76 bits per heavy atom. The van der Waals surface area contributed by atoms with Crippen LogP contribution in [0.15, 0.2) is 24.3 Å². The molecule has 3 aromatic rings. The number of nitrogens with zero attached hydrogens (tertiary/aromatic N) is 4. The number of pyridine rings is 1. The van der Waals surface area contributed by atoms with E-state index >= 15 is 0 Å². The number of urea groups is 1. The summed E-state index contributed by atoms with van der Waals surface area (Å²) in [6.45, 7) is 4.57. The van der Waals surface area contributed by atoms with Crippen LogP contribution < -0.4 is 16.8 Å². The molecule has 0 saturated carbocycles.